The quantitative estimate of drug-likeness (QED) is 0.582. The van der Waals surface area contributed by atoms with Gasteiger partial charge in [0.25, 0.3) is 0 Å². The molecule has 2 aliphatic rings. The SMILES string of the molecule is CN(c1cnc(-c2ccc(-c3cn[nH]c3)cc2O)nn1)[C@H]1C[C@@H]2CCC[C@@H](C2)[C@H]1C(F)(F)F. The van der Waals surface area contributed by atoms with Crippen molar-refractivity contribution in [2.24, 2.45) is 17.8 Å². The molecule has 2 fully saturated rings. The van der Waals surface area contributed by atoms with Crippen LogP contribution in [0.25, 0.3) is 22.5 Å². The average Bonchev–Trinajstić information content (AvgIpc) is 3.32. The van der Waals surface area contributed by atoms with E-state index < -0.39 is 18.1 Å². The van der Waals surface area contributed by atoms with Crippen LogP contribution in [0.2, 0.25) is 0 Å². The van der Waals surface area contributed by atoms with Crippen LogP contribution in [0, 0.1) is 17.8 Å². The number of halogens is 3. The number of aromatic hydroxyl groups is 1. The number of aromatic amines is 1. The monoisotopic (exact) mass is 458 g/mol. The van der Waals surface area contributed by atoms with Gasteiger partial charge in [0.1, 0.15) is 5.75 Å². The summed E-state index contributed by atoms with van der Waals surface area (Å²) in [7, 11) is 1.65. The Bertz CT molecular complexity index is 1100. The van der Waals surface area contributed by atoms with Gasteiger partial charge < -0.3 is 10.0 Å². The molecule has 2 aromatic heterocycles. The van der Waals surface area contributed by atoms with Crippen LogP contribution in [0.15, 0.2) is 36.8 Å². The zero-order valence-corrected chi connectivity index (χ0v) is 18.1. The van der Waals surface area contributed by atoms with Crippen molar-refractivity contribution in [1.29, 1.82) is 0 Å². The van der Waals surface area contributed by atoms with Gasteiger partial charge in [-0.15, -0.1) is 10.2 Å². The summed E-state index contributed by atoms with van der Waals surface area (Å²) in [4.78, 5) is 5.89. The summed E-state index contributed by atoms with van der Waals surface area (Å²) >= 11 is 0. The molecule has 2 bridgehead atoms. The summed E-state index contributed by atoms with van der Waals surface area (Å²) in [5, 5.41) is 25.4. The second kappa shape index (κ2) is 8.31. The Hall–Kier alpha value is -3.17. The van der Waals surface area contributed by atoms with Crippen LogP contribution >= 0.6 is 0 Å². The van der Waals surface area contributed by atoms with Crippen LogP contribution in [-0.4, -0.2) is 49.8 Å². The molecule has 2 N–H and O–H groups in total. The molecule has 174 valence electrons. The van der Waals surface area contributed by atoms with E-state index in [-0.39, 0.29) is 17.5 Å². The van der Waals surface area contributed by atoms with Gasteiger partial charge in [0.2, 0.25) is 0 Å². The summed E-state index contributed by atoms with van der Waals surface area (Å²) in [6.07, 6.45) is 4.18. The van der Waals surface area contributed by atoms with E-state index in [1.165, 1.54) is 6.20 Å². The number of phenolic OH excluding ortho intramolecular Hbond substituents is 1. The maximum absolute atomic E-state index is 14.0. The molecule has 3 aromatic rings. The van der Waals surface area contributed by atoms with Gasteiger partial charge in [0, 0.05) is 24.8 Å². The lowest BCUT2D eigenvalue weighted by Crippen LogP contribution is -2.53. The molecule has 2 saturated carbocycles. The van der Waals surface area contributed by atoms with Crippen LogP contribution in [0.4, 0.5) is 19.0 Å². The Kier molecular flexibility index (Phi) is 5.46. The number of aromatic nitrogens is 5. The predicted molar refractivity (Wildman–Crippen MR) is 116 cm³/mol. The van der Waals surface area contributed by atoms with E-state index in [4.69, 9.17) is 0 Å². The number of rotatable bonds is 4. The van der Waals surface area contributed by atoms with E-state index in [0.29, 0.717) is 36.6 Å². The Balaban J connectivity index is 1.39. The number of alkyl halides is 3. The summed E-state index contributed by atoms with van der Waals surface area (Å²) in [5.74, 6) is -0.908. The number of H-pyrrole nitrogens is 1. The molecule has 1 aromatic carbocycles. The van der Waals surface area contributed by atoms with Crippen molar-refractivity contribution in [2.75, 3.05) is 11.9 Å². The molecular formula is C23H25F3N6O. The van der Waals surface area contributed by atoms with E-state index >= 15 is 0 Å². The van der Waals surface area contributed by atoms with Crippen molar-refractivity contribution in [3.8, 4) is 28.3 Å². The van der Waals surface area contributed by atoms with Gasteiger partial charge in [-0.25, -0.2) is 4.98 Å². The average molecular weight is 458 g/mol. The summed E-state index contributed by atoms with van der Waals surface area (Å²) < 4.78 is 42.0. The molecule has 10 heteroatoms. The number of hydrogen-bond acceptors (Lipinski definition) is 6. The van der Waals surface area contributed by atoms with Gasteiger partial charge in [-0.2, -0.15) is 18.3 Å². The number of nitrogens with one attached hydrogen (secondary N) is 1. The number of hydrogen-bond donors (Lipinski definition) is 2. The Morgan fingerprint density at radius 1 is 1.09 bits per heavy atom. The van der Waals surface area contributed by atoms with Crippen molar-refractivity contribution < 1.29 is 18.3 Å². The molecule has 7 nitrogen and oxygen atoms in total. The predicted octanol–water partition coefficient (Wildman–Crippen LogP) is 4.83. The smallest absolute Gasteiger partial charge is 0.394 e. The number of nitrogens with zero attached hydrogens (tertiary/aromatic N) is 5. The van der Waals surface area contributed by atoms with E-state index in [0.717, 1.165) is 24.0 Å². The standard InChI is InChI=1S/C23H25F3N6O/c1-32(18-8-13-3-2-4-15(7-13)21(18)23(24,25)26)20-12-27-22(31-30-20)17-6-5-14(9-19(17)33)16-10-28-29-11-16/h5-6,9-13,15,18,21,33H,2-4,7-8H2,1H3,(H,28,29)/t13-,15+,18+,21-/m1/s1. The number of fused-ring (bicyclic) bond motifs is 2. The highest BCUT2D eigenvalue weighted by Gasteiger charge is 2.54. The van der Waals surface area contributed by atoms with Crippen molar-refractivity contribution in [3.05, 3.63) is 36.8 Å². The molecule has 2 heterocycles. The van der Waals surface area contributed by atoms with Gasteiger partial charge in [0.15, 0.2) is 11.6 Å². The van der Waals surface area contributed by atoms with Crippen molar-refractivity contribution in [3.63, 3.8) is 0 Å². The Labute approximate surface area is 189 Å². The maximum Gasteiger partial charge on any atom is 0.394 e. The van der Waals surface area contributed by atoms with Crippen LogP contribution in [0.5, 0.6) is 5.75 Å². The third-order valence-corrected chi connectivity index (χ3v) is 7.18. The zero-order valence-electron chi connectivity index (χ0n) is 18.1. The molecule has 0 radical (unpaired) electrons. The van der Waals surface area contributed by atoms with Gasteiger partial charge in [-0.3, -0.25) is 5.10 Å². The first-order valence-corrected chi connectivity index (χ1v) is 11.1. The highest BCUT2D eigenvalue weighted by atomic mass is 19.4. The van der Waals surface area contributed by atoms with E-state index in [2.05, 4.69) is 25.4 Å². The molecule has 2 aliphatic carbocycles. The minimum Gasteiger partial charge on any atom is -0.507 e. The highest BCUT2D eigenvalue weighted by molar-refractivity contribution is 5.72. The largest absolute Gasteiger partial charge is 0.507 e. The number of phenols is 1. The number of anilines is 1. The number of benzene rings is 1. The fraction of sp³-hybridized carbons (Fsp3) is 0.478. The molecule has 5 rings (SSSR count). The second-order valence-electron chi connectivity index (χ2n) is 9.13. The van der Waals surface area contributed by atoms with E-state index in [1.807, 2.05) is 0 Å². The highest BCUT2D eigenvalue weighted by Crippen LogP contribution is 2.51. The molecule has 0 unspecified atom stereocenters. The Morgan fingerprint density at radius 2 is 1.94 bits per heavy atom. The van der Waals surface area contributed by atoms with Gasteiger partial charge in [-0.05, 0) is 48.8 Å². The Morgan fingerprint density at radius 3 is 2.61 bits per heavy atom. The molecule has 0 spiro atoms. The van der Waals surface area contributed by atoms with Crippen molar-refractivity contribution in [1.82, 2.24) is 25.4 Å². The molecule has 0 saturated heterocycles. The van der Waals surface area contributed by atoms with Gasteiger partial charge in [-0.1, -0.05) is 18.9 Å². The lowest BCUT2D eigenvalue weighted by atomic mass is 9.64. The van der Waals surface area contributed by atoms with Gasteiger partial charge in [0.05, 0.1) is 23.9 Å². The lowest BCUT2D eigenvalue weighted by Gasteiger charge is -2.48. The van der Waals surface area contributed by atoms with Crippen LogP contribution in [0.3, 0.4) is 0 Å². The first-order chi connectivity index (χ1) is 15.8. The normalized spacial score (nSPS) is 25.1. The minimum atomic E-state index is -4.25. The maximum atomic E-state index is 14.0. The fourth-order valence-electron chi connectivity index (χ4n) is 5.59. The fourth-order valence-corrected chi connectivity index (χ4v) is 5.59. The first kappa shape index (κ1) is 21.7. The summed E-state index contributed by atoms with van der Waals surface area (Å²) in [5.41, 5.74) is 1.99. The van der Waals surface area contributed by atoms with Crippen LogP contribution in [-0.2, 0) is 0 Å². The topological polar surface area (TPSA) is 90.8 Å². The second-order valence-corrected chi connectivity index (χ2v) is 9.13. The van der Waals surface area contributed by atoms with E-state index in [9.17, 15) is 18.3 Å². The molecule has 0 aliphatic heterocycles. The molecule has 33 heavy (non-hydrogen) atoms. The van der Waals surface area contributed by atoms with Crippen molar-refractivity contribution >= 4 is 5.82 Å². The lowest BCUT2D eigenvalue weighted by molar-refractivity contribution is -0.208. The third kappa shape index (κ3) is 4.14. The van der Waals surface area contributed by atoms with Crippen LogP contribution in [0.1, 0.15) is 32.1 Å². The van der Waals surface area contributed by atoms with Gasteiger partial charge >= 0.3 is 6.18 Å². The summed E-state index contributed by atoms with van der Waals surface area (Å²) in [6.45, 7) is 0. The molecule has 0 amide bonds. The third-order valence-electron chi connectivity index (χ3n) is 7.18. The first-order valence-electron chi connectivity index (χ1n) is 11.1. The summed E-state index contributed by atoms with van der Waals surface area (Å²) in [6, 6.07) is 4.38. The molecule has 4 atom stereocenters. The minimum absolute atomic E-state index is 0.0196. The van der Waals surface area contributed by atoms with Crippen LogP contribution < -0.4 is 4.90 Å². The zero-order chi connectivity index (χ0) is 23.2. The van der Waals surface area contributed by atoms with Crippen molar-refractivity contribution in [2.45, 2.75) is 44.3 Å². The molecular weight excluding hydrogens is 433 g/mol. The van der Waals surface area contributed by atoms with E-state index in [1.54, 1.807) is 42.5 Å².